The van der Waals surface area contributed by atoms with Gasteiger partial charge in [0.2, 0.25) is 0 Å². The minimum atomic E-state index is -0.0724. The SMILES string of the molecule is CCCCC12C[C@@H]3C[C@H](O)CC[C@H]3CN1CCc1c2[nH]c2ccccc12. The van der Waals surface area contributed by atoms with Crippen molar-refractivity contribution in [3.05, 3.63) is 35.5 Å². The van der Waals surface area contributed by atoms with Gasteiger partial charge >= 0.3 is 0 Å². The van der Waals surface area contributed by atoms with Crippen LogP contribution in [0.1, 0.15) is 63.1 Å². The molecule has 1 aromatic heterocycles. The normalized spacial score (nSPS) is 34.3. The molecule has 1 aliphatic carbocycles. The summed E-state index contributed by atoms with van der Waals surface area (Å²) in [5, 5.41) is 11.7. The lowest BCUT2D eigenvalue weighted by atomic mass is 9.64. The summed E-state index contributed by atoms with van der Waals surface area (Å²) in [6.45, 7) is 4.74. The fourth-order valence-electron chi connectivity index (χ4n) is 6.34. The second-order valence-electron chi connectivity index (χ2n) is 9.05. The first-order valence-electron chi connectivity index (χ1n) is 10.7. The average molecular weight is 353 g/mol. The first kappa shape index (κ1) is 16.8. The van der Waals surface area contributed by atoms with Crippen LogP contribution < -0.4 is 0 Å². The largest absolute Gasteiger partial charge is 0.393 e. The molecule has 3 nitrogen and oxygen atoms in total. The number of aromatic amines is 1. The lowest BCUT2D eigenvalue weighted by Crippen LogP contribution is -2.59. The summed E-state index contributed by atoms with van der Waals surface area (Å²) in [6, 6.07) is 8.86. The number of hydrogen-bond donors (Lipinski definition) is 2. The van der Waals surface area contributed by atoms with Gasteiger partial charge in [0.1, 0.15) is 0 Å². The molecule has 5 rings (SSSR count). The highest BCUT2D eigenvalue weighted by molar-refractivity contribution is 5.85. The van der Waals surface area contributed by atoms with Crippen molar-refractivity contribution in [2.45, 2.75) is 69.9 Å². The Kier molecular flexibility index (Phi) is 4.13. The minimum absolute atomic E-state index is 0.0724. The maximum atomic E-state index is 10.3. The van der Waals surface area contributed by atoms with E-state index in [9.17, 15) is 5.11 Å². The monoisotopic (exact) mass is 352 g/mol. The smallest absolute Gasteiger partial charge is 0.0617 e. The minimum Gasteiger partial charge on any atom is -0.393 e. The predicted molar refractivity (Wildman–Crippen MR) is 106 cm³/mol. The van der Waals surface area contributed by atoms with Crippen LogP contribution in [0.25, 0.3) is 10.9 Å². The Hall–Kier alpha value is -1.32. The van der Waals surface area contributed by atoms with Crippen LogP contribution in [0, 0.1) is 11.8 Å². The highest BCUT2D eigenvalue weighted by Crippen LogP contribution is 2.52. The summed E-state index contributed by atoms with van der Waals surface area (Å²) < 4.78 is 0. The van der Waals surface area contributed by atoms with Crippen molar-refractivity contribution in [1.82, 2.24) is 9.88 Å². The van der Waals surface area contributed by atoms with E-state index >= 15 is 0 Å². The van der Waals surface area contributed by atoms with E-state index in [1.165, 1.54) is 68.2 Å². The molecule has 1 saturated heterocycles. The van der Waals surface area contributed by atoms with Crippen LogP contribution >= 0.6 is 0 Å². The zero-order valence-electron chi connectivity index (χ0n) is 16.0. The van der Waals surface area contributed by atoms with Gasteiger partial charge in [0.25, 0.3) is 0 Å². The molecule has 3 heteroatoms. The Labute approximate surface area is 156 Å². The quantitative estimate of drug-likeness (QED) is 0.848. The highest BCUT2D eigenvalue weighted by Gasteiger charge is 2.51. The third-order valence-corrected chi connectivity index (χ3v) is 7.63. The zero-order valence-corrected chi connectivity index (χ0v) is 16.0. The van der Waals surface area contributed by atoms with E-state index in [4.69, 9.17) is 0 Å². The second kappa shape index (κ2) is 6.38. The maximum Gasteiger partial charge on any atom is 0.0617 e. The number of aliphatic hydroxyl groups excluding tert-OH is 1. The first-order chi connectivity index (χ1) is 12.7. The Morgan fingerprint density at radius 1 is 1.23 bits per heavy atom. The zero-order chi connectivity index (χ0) is 17.7. The number of unbranched alkanes of at least 4 members (excludes halogenated alkanes) is 1. The topological polar surface area (TPSA) is 39.3 Å². The molecule has 0 amide bonds. The summed E-state index contributed by atoms with van der Waals surface area (Å²) in [4.78, 5) is 6.70. The van der Waals surface area contributed by atoms with E-state index in [-0.39, 0.29) is 11.6 Å². The van der Waals surface area contributed by atoms with E-state index in [1.807, 2.05) is 0 Å². The molecule has 2 aliphatic heterocycles. The summed E-state index contributed by atoms with van der Waals surface area (Å²) in [7, 11) is 0. The molecule has 2 aromatic rings. The van der Waals surface area contributed by atoms with Crippen LogP contribution in [0.2, 0.25) is 0 Å². The van der Waals surface area contributed by atoms with Crippen LogP contribution in [0.4, 0.5) is 0 Å². The third-order valence-electron chi connectivity index (χ3n) is 7.63. The second-order valence-corrected chi connectivity index (χ2v) is 9.05. The molecule has 0 radical (unpaired) electrons. The van der Waals surface area contributed by atoms with Crippen molar-refractivity contribution in [3.8, 4) is 0 Å². The van der Waals surface area contributed by atoms with E-state index in [0.29, 0.717) is 5.92 Å². The number of benzene rings is 1. The van der Waals surface area contributed by atoms with Gasteiger partial charge in [0, 0.05) is 29.7 Å². The number of aromatic nitrogens is 1. The lowest BCUT2D eigenvalue weighted by Gasteiger charge is -2.56. The molecule has 1 unspecified atom stereocenters. The third kappa shape index (κ3) is 2.47. The highest BCUT2D eigenvalue weighted by atomic mass is 16.3. The van der Waals surface area contributed by atoms with Crippen molar-refractivity contribution in [2.75, 3.05) is 13.1 Å². The Balaban J connectivity index is 1.61. The number of rotatable bonds is 3. The van der Waals surface area contributed by atoms with Gasteiger partial charge in [-0.15, -0.1) is 0 Å². The van der Waals surface area contributed by atoms with Crippen molar-refractivity contribution in [1.29, 1.82) is 0 Å². The molecule has 3 aliphatic rings. The molecular weight excluding hydrogens is 320 g/mol. The standard InChI is InChI=1S/C23H32N2O/c1-2-3-11-23-14-17-13-18(26)9-8-16(17)15-25(23)12-10-20-19-6-4-5-7-21(19)24-22(20)23/h4-7,16-18,24,26H,2-3,8-15H2,1H3/t16-,17-,18+,23?/m0/s1. The van der Waals surface area contributed by atoms with Crippen molar-refractivity contribution in [3.63, 3.8) is 0 Å². The van der Waals surface area contributed by atoms with E-state index in [0.717, 1.165) is 18.8 Å². The summed E-state index contributed by atoms with van der Waals surface area (Å²) in [5.74, 6) is 1.48. The molecule has 1 saturated carbocycles. The molecule has 0 bridgehead atoms. The molecular formula is C23H32N2O. The first-order valence-corrected chi connectivity index (χ1v) is 10.7. The van der Waals surface area contributed by atoms with Crippen molar-refractivity contribution in [2.24, 2.45) is 11.8 Å². The van der Waals surface area contributed by atoms with Crippen LogP contribution in [0.5, 0.6) is 0 Å². The van der Waals surface area contributed by atoms with Gasteiger partial charge in [-0.25, -0.2) is 0 Å². The molecule has 2 fully saturated rings. The number of piperidine rings is 1. The summed E-state index contributed by atoms with van der Waals surface area (Å²) >= 11 is 0. The lowest BCUT2D eigenvalue weighted by molar-refractivity contribution is -0.0677. The van der Waals surface area contributed by atoms with Gasteiger partial charge in [-0.1, -0.05) is 38.0 Å². The number of aliphatic hydroxyl groups is 1. The predicted octanol–water partition coefficient (Wildman–Crippen LogP) is 4.59. The molecule has 140 valence electrons. The number of nitrogens with zero attached hydrogens (tertiary/aromatic N) is 1. The molecule has 3 heterocycles. The summed E-state index contributed by atoms with van der Waals surface area (Å²) in [5.41, 5.74) is 4.56. The van der Waals surface area contributed by atoms with Crippen LogP contribution in [0.15, 0.2) is 24.3 Å². The van der Waals surface area contributed by atoms with Gasteiger partial charge < -0.3 is 10.1 Å². The Bertz CT molecular complexity index is 797. The summed E-state index contributed by atoms with van der Waals surface area (Å²) in [6.07, 6.45) is 9.36. The molecule has 26 heavy (non-hydrogen) atoms. The van der Waals surface area contributed by atoms with Crippen LogP contribution in [0.3, 0.4) is 0 Å². The van der Waals surface area contributed by atoms with E-state index in [1.54, 1.807) is 5.56 Å². The van der Waals surface area contributed by atoms with Crippen LogP contribution in [-0.4, -0.2) is 34.2 Å². The fourth-order valence-corrected chi connectivity index (χ4v) is 6.34. The molecule has 1 aromatic carbocycles. The van der Waals surface area contributed by atoms with Crippen molar-refractivity contribution < 1.29 is 5.11 Å². The Morgan fingerprint density at radius 2 is 2.12 bits per heavy atom. The number of H-pyrrole nitrogens is 1. The molecule has 4 atom stereocenters. The van der Waals surface area contributed by atoms with E-state index in [2.05, 4.69) is 41.1 Å². The van der Waals surface area contributed by atoms with Gasteiger partial charge in [0.05, 0.1) is 11.6 Å². The number of nitrogens with one attached hydrogen (secondary N) is 1. The van der Waals surface area contributed by atoms with Gasteiger partial charge in [-0.2, -0.15) is 0 Å². The number of fused-ring (bicyclic) bond motifs is 6. The van der Waals surface area contributed by atoms with Gasteiger partial charge in [-0.05, 0) is 62.0 Å². The van der Waals surface area contributed by atoms with Crippen molar-refractivity contribution >= 4 is 10.9 Å². The number of para-hydroxylation sites is 1. The number of hydrogen-bond acceptors (Lipinski definition) is 2. The average Bonchev–Trinajstić information content (AvgIpc) is 3.04. The van der Waals surface area contributed by atoms with Crippen LogP contribution in [-0.2, 0) is 12.0 Å². The van der Waals surface area contributed by atoms with Gasteiger partial charge in [-0.3, -0.25) is 4.90 Å². The Morgan fingerprint density at radius 3 is 3.00 bits per heavy atom. The van der Waals surface area contributed by atoms with E-state index < -0.39 is 0 Å². The van der Waals surface area contributed by atoms with Gasteiger partial charge in [0.15, 0.2) is 0 Å². The molecule has 2 N–H and O–H groups in total. The molecule has 0 spiro atoms. The fraction of sp³-hybridized carbons (Fsp3) is 0.652. The maximum absolute atomic E-state index is 10.3.